The molecule has 0 saturated heterocycles. The van der Waals surface area contributed by atoms with Gasteiger partial charge in [0, 0.05) is 6.92 Å². The van der Waals surface area contributed by atoms with E-state index in [9.17, 15) is 9.59 Å². The van der Waals surface area contributed by atoms with Gasteiger partial charge in [-0.3, -0.25) is 4.79 Å². The van der Waals surface area contributed by atoms with Crippen molar-refractivity contribution in [3.05, 3.63) is 0 Å². The summed E-state index contributed by atoms with van der Waals surface area (Å²) in [6.07, 6.45) is 0. The van der Waals surface area contributed by atoms with Crippen LogP contribution in [0.25, 0.3) is 0 Å². The smallest absolute Gasteiger partial charge is 0.316 e. The number of hydroxylamine groups is 1. The van der Waals surface area contributed by atoms with Gasteiger partial charge in [-0.1, -0.05) is 0 Å². The van der Waals surface area contributed by atoms with Gasteiger partial charge >= 0.3 is 72.8 Å². The third-order valence-corrected chi connectivity index (χ3v) is 0.295. The van der Waals surface area contributed by atoms with Gasteiger partial charge in [-0.05, 0) is 0 Å². The van der Waals surface area contributed by atoms with Gasteiger partial charge in [-0.25, -0.2) is 4.79 Å². The molecule has 0 aromatic heterocycles. The molecule has 0 aromatic rings. The van der Waals surface area contributed by atoms with E-state index in [1.807, 2.05) is 0 Å². The Morgan fingerprint density at radius 3 is 2.00 bits per heavy atom. The van der Waals surface area contributed by atoms with Crippen molar-refractivity contribution in [3.63, 3.8) is 0 Å². The van der Waals surface area contributed by atoms with E-state index >= 15 is 0 Å². The SMILES string of the molecule is CC(=O)ONC(N)=O.[CaH2].[MgH2]. The molecule has 0 aliphatic rings. The number of primary amides is 1. The van der Waals surface area contributed by atoms with Crippen molar-refractivity contribution in [2.75, 3.05) is 0 Å². The van der Waals surface area contributed by atoms with Crippen molar-refractivity contribution in [2.45, 2.75) is 6.92 Å². The first-order valence-corrected chi connectivity index (χ1v) is 1.86. The summed E-state index contributed by atoms with van der Waals surface area (Å²) < 4.78 is 0. The zero-order chi connectivity index (χ0) is 6.57. The Labute approximate surface area is 104 Å². The summed E-state index contributed by atoms with van der Waals surface area (Å²) in [4.78, 5) is 23.5. The quantitative estimate of drug-likeness (QED) is 0.319. The first kappa shape index (κ1) is 17.0. The van der Waals surface area contributed by atoms with Crippen LogP contribution in [-0.2, 0) is 9.63 Å². The number of nitrogens with one attached hydrogen (secondary N) is 1. The minimum absolute atomic E-state index is 0. The van der Waals surface area contributed by atoms with E-state index in [4.69, 9.17) is 0 Å². The molecule has 0 spiro atoms. The van der Waals surface area contributed by atoms with Crippen molar-refractivity contribution >= 4 is 72.8 Å². The second-order valence-corrected chi connectivity index (χ2v) is 1.06. The van der Waals surface area contributed by atoms with Crippen LogP contribution in [-0.4, -0.2) is 72.8 Å². The molecule has 0 aliphatic carbocycles. The third kappa shape index (κ3) is 15.9. The Bertz CT molecular complexity index is 106. The van der Waals surface area contributed by atoms with Gasteiger partial charge in [0.15, 0.2) is 0 Å². The Kier molecular flexibility index (Phi) is 16.6. The fourth-order valence-corrected chi connectivity index (χ4v) is 0.122. The number of rotatable bonds is 0. The summed E-state index contributed by atoms with van der Waals surface area (Å²) in [6.45, 7) is 1.15. The van der Waals surface area contributed by atoms with E-state index in [1.54, 1.807) is 5.48 Å². The number of hydrogen-bond acceptors (Lipinski definition) is 3. The molecule has 2 amide bonds. The van der Waals surface area contributed by atoms with Crippen LogP contribution in [0.5, 0.6) is 0 Å². The number of carbonyl (C=O) groups excluding carboxylic acids is 2. The van der Waals surface area contributed by atoms with Crippen LogP contribution in [0.3, 0.4) is 0 Å². The van der Waals surface area contributed by atoms with Crippen molar-refractivity contribution in [2.24, 2.45) is 5.73 Å². The average molecular weight is 187 g/mol. The van der Waals surface area contributed by atoms with Crippen LogP contribution >= 0.6 is 0 Å². The van der Waals surface area contributed by atoms with Gasteiger partial charge in [-0.15, -0.1) is 0 Å². The number of carbonyl (C=O) groups is 2. The molecule has 0 bridgehead atoms. The van der Waals surface area contributed by atoms with Gasteiger partial charge in [0.25, 0.3) is 0 Å². The Hall–Kier alpha value is 0.766. The molecule has 0 rings (SSSR count). The summed E-state index contributed by atoms with van der Waals surface area (Å²) in [7, 11) is 0. The second-order valence-electron chi connectivity index (χ2n) is 1.06. The van der Waals surface area contributed by atoms with E-state index in [0.29, 0.717) is 0 Å². The Balaban J connectivity index is -0.000000245. The van der Waals surface area contributed by atoms with Gasteiger partial charge in [-0.2, -0.15) is 5.48 Å². The molecule has 10 heavy (non-hydrogen) atoms. The van der Waals surface area contributed by atoms with Crippen molar-refractivity contribution in [1.82, 2.24) is 5.48 Å². The zero-order valence-electron chi connectivity index (χ0n) is 4.30. The maximum Gasteiger partial charge on any atom is 0.316 e. The largest absolute Gasteiger partial charge is 0.316 e. The van der Waals surface area contributed by atoms with E-state index in [-0.39, 0.29) is 60.8 Å². The van der Waals surface area contributed by atoms with E-state index in [0.717, 1.165) is 6.92 Å². The Morgan fingerprint density at radius 2 is 1.90 bits per heavy atom. The maximum atomic E-state index is 9.86. The van der Waals surface area contributed by atoms with Gasteiger partial charge in [0.05, 0.1) is 0 Å². The fourth-order valence-electron chi connectivity index (χ4n) is 0.122. The van der Waals surface area contributed by atoms with Gasteiger partial charge < -0.3 is 10.6 Å². The molecule has 0 radical (unpaired) electrons. The monoisotopic (exact) mass is 186 g/mol. The molecule has 7 heteroatoms. The van der Waals surface area contributed by atoms with Gasteiger partial charge in [0.2, 0.25) is 0 Å². The van der Waals surface area contributed by atoms with Crippen LogP contribution in [0.2, 0.25) is 0 Å². The number of hydrogen-bond donors (Lipinski definition) is 2. The van der Waals surface area contributed by atoms with E-state index < -0.39 is 12.0 Å². The molecule has 5 nitrogen and oxygen atoms in total. The van der Waals surface area contributed by atoms with Crippen LogP contribution in [0.4, 0.5) is 4.79 Å². The fraction of sp³-hybridized carbons (Fsp3) is 0.333. The normalized spacial score (nSPS) is 6.10. The van der Waals surface area contributed by atoms with Crippen LogP contribution in [0.15, 0.2) is 0 Å². The van der Waals surface area contributed by atoms with E-state index in [2.05, 4.69) is 10.6 Å². The van der Waals surface area contributed by atoms with Gasteiger partial charge in [0.1, 0.15) is 0 Å². The molecule has 54 valence electrons. The number of nitrogens with two attached hydrogens (primary N) is 1. The molecule has 3 N–H and O–H groups in total. The molecule has 0 aromatic carbocycles. The second kappa shape index (κ2) is 9.77. The predicted octanol–water partition coefficient (Wildman–Crippen LogP) is -2.70. The molecular weight excluding hydrogens is 176 g/mol. The molecule has 0 heterocycles. The minimum atomic E-state index is -0.889. The minimum Gasteiger partial charge on any atom is 0.316 e. The molecule has 0 aliphatic heterocycles. The van der Waals surface area contributed by atoms with Crippen LogP contribution in [0.1, 0.15) is 6.92 Å². The van der Waals surface area contributed by atoms with Crippen LogP contribution < -0.4 is 11.2 Å². The van der Waals surface area contributed by atoms with E-state index in [1.165, 1.54) is 0 Å². The van der Waals surface area contributed by atoms with Crippen molar-refractivity contribution < 1.29 is 14.4 Å². The van der Waals surface area contributed by atoms with Crippen molar-refractivity contribution in [1.29, 1.82) is 0 Å². The number of amides is 2. The topological polar surface area (TPSA) is 81.4 Å². The average Bonchev–Trinajstić information content (AvgIpc) is 1.61. The molecular formula is C3H10CaMgN2O3. The summed E-state index contributed by atoms with van der Waals surface area (Å²) in [5, 5.41) is 0. The molecule has 0 saturated carbocycles. The van der Waals surface area contributed by atoms with Crippen LogP contribution in [0, 0.1) is 0 Å². The standard InChI is InChI=1S/C3H6N2O3.Ca.Mg.4H/c1-2(6)8-5-3(4)7;;;;;;/h1H3,(H3,4,5,7);;;;;;. The summed E-state index contributed by atoms with van der Waals surface area (Å²) in [5.74, 6) is -0.608. The predicted molar refractivity (Wildman–Crippen MR) is 41.6 cm³/mol. The molecule has 0 atom stereocenters. The molecule has 0 unspecified atom stereocenters. The number of urea groups is 1. The summed E-state index contributed by atoms with van der Waals surface area (Å²) in [6, 6.07) is -0.889. The first-order chi connectivity index (χ1) is 3.63. The van der Waals surface area contributed by atoms with Crippen molar-refractivity contribution in [3.8, 4) is 0 Å². The zero-order valence-corrected chi connectivity index (χ0v) is 4.30. The first-order valence-electron chi connectivity index (χ1n) is 1.86. The third-order valence-electron chi connectivity index (χ3n) is 0.295. The maximum absolute atomic E-state index is 9.86. The Morgan fingerprint density at radius 1 is 1.50 bits per heavy atom. The summed E-state index contributed by atoms with van der Waals surface area (Å²) >= 11 is 0. The molecule has 0 fully saturated rings. The summed E-state index contributed by atoms with van der Waals surface area (Å²) in [5.41, 5.74) is 6.15.